The maximum atomic E-state index is 12.3. The maximum absolute atomic E-state index is 12.3. The van der Waals surface area contributed by atoms with Gasteiger partial charge in [0.2, 0.25) is 0 Å². The van der Waals surface area contributed by atoms with Crippen LogP contribution in [-0.2, 0) is 0 Å². The van der Waals surface area contributed by atoms with E-state index in [1.54, 1.807) is 11.8 Å². The molecule has 0 aliphatic carbocycles. The summed E-state index contributed by atoms with van der Waals surface area (Å²) in [7, 11) is 0. The summed E-state index contributed by atoms with van der Waals surface area (Å²) in [5.41, 5.74) is 0.0335. The van der Waals surface area contributed by atoms with Crippen LogP contribution >= 0.6 is 11.3 Å². The fourth-order valence-electron chi connectivity index (χ4n) is 2.04. The Labute approximate surface area is 109 Å². The van der Waals surface area contributed by atoms with Crippen LogP contribution in [-0.4, -0.2) is 41.4 Å². The minimum atomic E-state index is -0.441. The zero-order valence-electron chi connectivity index (χ0n) is 10.3. The SMILES string of the molecule is Cc1sc(C(=O)N2CCNC[C@@H]2C)cc1[N+](=O)[O-]. The lowest BCUT2D eigenvalue weighted by atomic mass is 10.2. The maximum Gasteiger partial charge on any atom is 0.283 e. The lowest BCUT2D eigenvalue weighted by molar-refractivity contribution is -0.385. The normalized spacial score (nSPS) is 19.9. The first kappa shape index (κ1) is 13.0. The number of rotatable bonds is 2. The number of carbonyl (C=O) groups is 1. The summed E-state index contributed by atoms with van der Waals surface area (Å²) in [5.74, 6) is -0.106. The summed E-state index contributed by atoms with van der Waals surface area (Å²) in [4.78, 5) is 25.4. The van der Waals surface area contributed by atoms with Crippen molar-refractivity contribution in [3.05, 3.63) is 25.9 Å². The minimum absolute atomic E-state index is 0.0335. The third-order valence-electron chi connectivity index (χ3n) is 3.06. The van der Waals surface area contributed by atoms with E-state index in [0.717, 1.165) is 13.1 Å². The second kappa shape index (κ2) is 5.03. The van der Waals surface area contributed by atoms with Crippen molar-refractivity contribution in [2.45, 2.75) is 19.9 Å². The highest BCUT2D eigenvalue weighted by atomic mass is 32.1. The number of hydrogen-bond donors (Lipinski definition) is 1. The third kappa shape index (κ3) is 2.37. The minimum Gasteiger partial charge on any atom is -0.333 e. The molecule has 2 rings (SSSR count). The number of aryl methyl sites for hydroxylation is 1. The van der Waals surface area contributed by atoms with Gasteiger partial charge in [0, 0.05) is 31.7 Å². The van der Waals surface area contributed by atoms with Gasteiger partial charge in [0.15, 0.2) is 0 Å². The molecule has 18 heavy (non-hydrogen) atoms. The predicted octanol–water partition coefficient (Wildman–Crippen LogP) is 1.40. The molecule has 7 heteroatoms. The number of nitrogens with zero attached hydrogens (tertiary/aromatic N) is 2. The van der Waals surface area contributed by atoms with Gasteiger partial charge >= 0.3 is 0 Å². The van der Waals surface area contributed by atoms with Crippen LogP contribution in [0.4, 0.5) is 5.69 Å². The van der Waals surface area contributed by atoms with E-state index >= 15 is 0 Å². The van der Waals surface area contributed by atoms with E-state index < -0.39 is 4.92 Å². The molecule has 98 valence electrons. The Balaban J connectivity index is 2.23. The first-order chi connectivity index (χ1) is 8.50. The average Bonchev–Trinajstić information content (AvgIpc) is 2.71. The van der Waals surface area contributed by atoms with E-state index in [1.165, 1.54) is 17.4 Å². The van der Waals surface area contributed by atoms with Crippen molar-refractivity contribution in [3.63, 3.8) is 0 Å². The Kier molecular flexibility index (Phi) is 3.63. The summed E-state index contributed by atoms with van der Waals surface area (Å²) < 4.78 is 0. The highest BCUT2D eigenvalue weighted by Crippen LogP contribution is 2.29. The van der Waals surface area contributed by atoms with E-state index in [9.17, 15) is 14.9 Å². The standard InChI is InChI=1S/C11H15N3O3S/c1-7-6-12-3-4-13(7)11(15)10-5-9(14(16)17)8(2)18-10/h5,7,12H,3-4,6H2,1-2H3/t7-/m0/s1. The number of hydrogen-bond acceptors (Lipinski definition) is 5. The number of piperazine rings is 1. The molecular weight excluding hydrogens is 254 g/mol. The summed E-state index contributed by atoms with van der Waals surface area (Å²) in [5, 5.41) is 14.0. The number of nitrogens with one attached hydrogen (secondary N) is 1. The summed E-state index contributed by atoms with van der Waals surface area (Å²) >= 11 is 1.19. The predicted molar refractivity (Wildman–Crippen MR) is 69.1 cm³/mol. The molecule has 0 unspecified atom stereocenters. The van der Waals surface area contributed by atoms with Crippen molar-refractivity contribution >= 4 is 22.9 Å². The van der Waals surface area contributed by atoms with Crippen LogP contribution in [0.3, 0.4) is 0 Å². The van der Waals surface area contributed by atoms with Gasteiger partial charge in [-0.15, -0.1) is 11.3 Å². The molecule has 1 aliphatic rings. The Hall–Kier alpha value is -1.47. The van der Waals surface area contributed by atoms with Gasteiger partial charge in [0.1, 0.15) is 0 Å². The first-order valence-corrected chi connectivity index (χ1v) is 6.59. The molecular formula is C11H15N3O3S. The Morgan fingerprint density at radius 3 is 2.94 bits per heavy atom. The molecule has 1 amide bonds. The van der Waals surface area contributed by atoms with Crippen LogP contribution in [0.25, 0.3) is 0 Å². The number of amides is 1. The zero-order chi connectivity index (χ0) is 13.3. The first-order valence-electron chi connectivity index (χ1n) is 5.77. The van der Waals surface area contributed by atoms with Gasteiger partial charge in [0.25, 0.3) is 11.6 Å². The zero-order valence-corrected chi connectivity index (χ0v) is 11.1. The van der Waals surface area contributed by atoms with Gasteiger partial charge in [-0.2, -0.15) is 0 Å². The van der Waals surface area contributed by atoms with Crippen LogP contribution in [0.5, 0.6) is 0 Å². The van der Waals surface area contributed by atoms with E-state index in [2.05, 4.69) is 5.32 Å². The smallest absolute Gasteiger partial charge is 0.283 e. The quantitative estimate of drug-likeness (QED) is 0.650. The molecule has 1 saturated heterocycles. The fraction of sp³-hybridized carbons (Fsp3) is 0.545. The molecule has 0 spiro atoms. The molecule has 0 saturated carbocycles. The van der Waals surface area contributed by atoms with E-state index in [0.29, 0.717) is 16.3 Å². The van der Waals surface area contributed by atoms with E-state index in [4.69, 9.17) is 0 Å². The second-order valence-electron chi connectivity index (χ2n) is 4.36. The topological polar surface area (TPSA) is 75.5 Å². The van der Waals surface area contributed by atoms with Crippen molar-refractivity contribution in [2.75, 3.05) is 19.6 Å². The van der Waals surface area contributed by atoms with Gasteiger partial charge < -0.3 is 10.2 Å². The molecule has 6 nitrogen and oxygen atoms in total. The van der Waals surface area contributed by atoms with Gasteiger partial charge in [0.05, 0.1) is 14.7 Å². The van der Waals surface area contributed by atoms with Crippen molar-refractivity contribution in [1.29, 1.82) is 0 Å². The average molecular weight is 269 g/mol. The highest BCUT2D eigenvalue weighted by molar-refractivity contribution is 7.14. The van der Waals surface area contributed by atoms with Crippen molar-refractivity contribution in [2.24, 2.45) is 0 Å². The van der Waals surface area contributed by atoms with E-state index in [1.807, 2.05) is 6.92 Å². The molecule has 1 atom stereocenters. The fourth-order valence-corrected chi connectivity index (χ4v) is 2.99. The van der Waals surface area contributed by atoms with Gasteiger partial charge in [-0.3, -0.25) is 14.9 Å². The monoisotopic (exact) mass is 269 g/mol. The molecule has 1 aromatic rings. The summed E-state index contributed by atoms with van der Waals surface area (Å²) in [6.45, 7) is 5.81. The molecule has 1 N–H and O–H groups in total. The lowest BCUT2D eigenvalue weighted by Gasteiger charge is -2.33. The number of nitro groups is 1. The number of thiophene rings is 1. The van der Waals surface area contributed by atoms with Crippen LogP contribution in [0.2, 0.25) is 0 Å². The van der Waals surface area contributed by atoms with Crippen LogP contribution in [0.1, 0.15) is 21.5 Å². The van der Waals surface area contributed by atoms with Crippen LogP contribution in [0, 0.1) is 17.0 Å². The molecule has 2 heterocycles. The summed E-state index contributed by atoms with van der Waals surface area (Å²) in [6.07, 6.45) is 0. The van der Waals surface area contributed by atoms with E-state index in [-0.39, 0.29) is 17.6 Å². The molecule has 0 aromatic carbocycles. The highest BCUT2D eigenvalue weighted by Gasteiger charge is 2.27. The van der Waals surface area contributed by atoms with Crippen molar-refractivity contribution in [1.82, 2.24) is 10.2 Å². The van der Waals surface area contributed by atoms with Crippen LogP contribution in [0.15, 0.2) is 6.07 Å². The lowest BCUT2D eigenvalue weighted by Crippen LogP contribution is -2.52. The molecule has 1 fully saturated rings. The molecule has 0 radical (unpaired) electrons. The second-order valence-corrected chi connectivity index (χ2v) is 5.62. The van der Waals surface area contributed by atoms with Gasteiger partial charge in [-0.05, 0) is 13.8 Å². The Morgan fingerprint density at radius 2 is 2.39 bits per heavy atom. The molecule has 0 bridgehead atoms. The van der Waals surface area contributed by atoms with Crippen molar-refractivity contribution < 1.29 is 9.72 Å². The molecule has 1 aromatic heterocycles. The molecule has 1 aliphatic heterocycles. The van der Waals surface area contributed by atoms with Crippen molar-refractivity contribution in [3.8, 4) is 0 Å². The van der Waals surface area contributed by atoms with Gasteiger partial charge in [-0.1, -0.05) is 0 Å². The van der Waals surface area contributed by atoms with Gasteiger partial charge in [-0.25, -0.2) is 0 Å². The Morgan fingerprint density at radius 1 is 1.67 bits per heavy atom. The number of carbonyl (C=O) groups excluding carboxylic acids is 1. The van der Waals surface area contributed by atoms with Crippen LogP contribution < -0.4 is 5.32 Å². The summed E-state index contributed by atoms with van der Waals surface area (Å²) in [6, 6.07) is 1.50. The third-order valence-corrected chi connectivity index (χ3v) is 4.09. The Bertz CT molecular complexity index is 486. The largest absolute Gasteiger partial charge is 0.333 e.